The van der Waals surface area contributed by atoms with Crippen LogP contribution in [0.5, 0.6) is 0 Å². The lowest BCUT2D eigenvalue weighted by atomic mass is 9.83. The maximum absolute atomic E-state index is 13.2. The summed E-state index contributed by atoms with van der Waals surface area (Å²) in [4.78, 5) is 30.3. The number of amides is 2. The fraction of sp³-hybridized carbons (Fsp3) is 0.435. The molecule has 2 N–H and O–H groups in total. The monoisotopic (exact) mass is 437 g/mol. The molecule has 0 aromatic carbocycles. The fourth-order valence-electron chi connectivity index (χ4n) is 4.31. The van der Waals surface area contributed by atoms with E-state index in [2.05, 4.69) is 25.9 Å². The molecule has 1 atom stereocenters. The van der Waals surface area contributed by atoms with Gasteiger partial charge in [0, 0.05) is 17.3 Å². The Bertz CT molecular complexity index is 1080. The Kier molecular flexibility index (Phi) is 6.34. The first-order chi connectivity index (χ1) is 15.4. The molecular formula is C23H27N5O4. The minimum absolute atomic E-state index is 0.0643. The predicted octanol–water partition coefficient (Wildman–Crippen LogP) is 3.97. The maximum atomic E-state index is 13.2. The van der Waals surface area contributed by atoms with Gasteiger partial charge >= 0.3 is 0 Å². The Hall–Kier alpha value is -3.49. The van der Waals surface area contributed by atoms with Crippen molar-refractivity contribution < 1.29 is 18.6 Å². The van der Waals surface area contributed by atoms with Gasteiger partial charge in [-0.2, -0.15) is 0 Å². The molecule has 1 unspecified atom stereocenters. The van der Waals surface area contributed by atoms with Crippen LogP contribution in [0.2, 0.25) is 0 Å². The molecule has 0 spiro atoms. The second kappa shape index (κ2) is 9.33. The lowest BCUT2D eigenvalue weighted by Crippen LogP contribution is -2.49. The van der Waals surface area contributed by atoms with Gasteiger partial charge in [0.15, 0.2) is 0 Å². The molecule has 4 rings (SSSR count). The van der Waals surface area contributed by atoms with E-state index in [1.165, 1.54) is 6.26 Å². The molecule has 1 saturated carbocycles. The molecule has 168 valence electrons. The van der Waals surface area contributed by atoms with Crippen LogP contribution in [0.1, 0.15) is 59.6 Å². The number of aromatic nitrogens is 3. The molecule has 0 saturated heterocycles. The zero-order chi connectivity index (χ0) is 22.7. The summed E-state index contributed by atoms with van der Waals surface area (Å²) < 4.78 is 10.1. The van der Waals surface area contributed by atoms with Gasteiger partial charge in [0.2, 0.25) is 5.91 Å². The first-order valence-electron chi connectivity index (χ1n) is 10.9. The second-order valence-corrected chi connectivity index (χ2v) is 8.28. The van der Waals surface area contributed by atoms with Gasteiger partial charge in [0.25, 0.3) is 5.91 Å². The van der Waals surface area contributed by atoms with Crippen LogP contribution in [0.25, 0.3) is 11.1 Å². The number of aryl methyl sites for hydroxylation is 3. The molecular weight excluding hydrogens is 410 g/mol. The summed E-state index contributed by atoms with van der Waals surface area (Å²) in [5.41, 5.74) is 3.36. The van der Waals surface area contributed by atoms with E-state index in [4.69, 9.17) is 9.05 Å². The Labute approximate surface area is 185 Å². The molecule has 2 amide bonds. The molecule has 32 heavy (non-hydrogen) atoms. The summed E-state index contributed by atoms with van der Waals surface area (Å²) in [7, 11) is 0. The number of carbonyl (C=O) groups is 2. The van der Waals surface area contributed by atoms with Crippen molar-refractivity contribution >= 4 is 17.6 Å². The SMILES string of the molecule is Cc1nocc1C(=O)NC(C(=O)Nc1ccc(-c2c(C)noc2C)cn1)C1CCCCC1. The molecule has 0 bridgehead atoms. The van der Waals surface area contributed by atoms with E-state index >= 15 is 0 Å². The third kappa shape index (κ3) is 4.56. The molecule has 0 radical (unpaired) electrons. The van der Waals surface area contributed by atoms with Crippen molar-refractivity contribution in [3.8, 4) is 11.1 Å². The third-order valence-corrected chi connectivity index (χ3v) is 6.02. The number of nitrogens with zero attached hydrogens (tertiary/aromatic N) is 3. The van der Waals surface area contributed by atoms with E-state index in [0.717, 1.165) is 48.9 Å². The summed E-state index contributed by atoms with van der Waals surface area (Å²) in [6.07, 6.45) is 7.99. The molecule has 9 heteroatoms. The topological polar surface area (TPSA) is 123 Å². The normalized spacial score (nSPS) is 15.3. The second-order valence-electron chi connectivity index (χ2n) is 8.28. The zero-order valence-electron chi connectivity index (χ0n) is 18.5. The zero-order valence-corrected chi connectivity index (χ0v) is 18.5. The van der Waals surface area contributed by atoms with Crippen molar-refractivity contribution in [3.05, 3.63) is 47.3 Å². The third-order valence-electron chi connectivity index (χ3n) is 6.02. The highest BCUT2D eigenvalue weighted by Gasteiger charge is 2.32. The van der Waals surface area contributed by atoms with E-state index in [1.54, 1.807) is 19.2 Å². The minimum atomic E-state index is -0.666. The van der Waals surface area contributed by atoms with Crippen molar-refractivity contribution in [1.82, 2.24) is 20.6 Å². The smallest absolute Gasteiger partial charge is 0.257 e. The van der Waals surface area contributed by atoms with Gasteiger partial charge in [-0.25, -0.2) is 4.98 Å². The minimum Gasteiger partial charge on any atom is -0.364 e. The van der Waals surface area contributed by atoms with E-state index in [1.807, 2.05) is 19.9 Å². The van der Waals surface area contributed by atoms with Crippen LogP contribution in [0, 0.1) is 26.7 Å². The number of hydrogen-bond donors (Lipinski definition) is 2. The number of nitrogens with one attached hydrogen (secondary N) is 2. The first kappa shape index (κ1) is 21.7. The van der Waals surface area contributed by atoms with E-state index in [9.17, 15) is 9.59 Å². The summed E-state index contributed by atoms with van der Waals surface area (Å²) in [5.74, 6) is 0.550. The van der Waals surface area contributed by atoms with E-state index < -0.39 is 6.04 Å². The molecule has 9 nitrogen and oxygen atoms in total. The average Bonchev–Trinajstić information content (AvgIpc) is 3.37. The molecule has 3 aromatic rings. The van der Waals surface area contributed by atoms with Gasteiger partial charge in [-0.05, 0) is 51.7 Å². The van der Waals surface area contributed by atoms with Gasteiger partial charge in [-0.3, -0.25) is 9.59 Å². The van der Waals surface area contributed by atoms with Crippen molar-refractivity contribution in [1.29, 1.82) is 0 Å². The van der Waals surface area contributed by atoms with Crippen LogP contribution in [0.3, 0.4) is 0 Å². The first-order valence-corrected chi connectivity index (χ1v) is 10.9. The van der Waals surface area contributed by atoms with Crippen molar-refractivity contribution in [2.24, 2.45) is 5.92 Å². The Morgan fingerprint density at radius 1 is 1.06 bits per heavy atom. The van der Waals surface area contributed by atoms with E-state index in [-0.39, 0.29) is 17.7 Å². The molecule has 1 aliphatic rings. The molecule has 1 aliphatic carbocycles. The quantitative estimate of drug-likeness (QED) is 0.598. The van der Waals surface area contributed by atoms with Gasteiger partial charge in [-0.15, -0.1) is 0 Å². The number of anilines is 1. The fourth-order valence-corrected chi connectivity index (χ4v) is 4.31. The Morgan fingerprint density at radius 2 is 1.84 bits per heavy atom. The Balaban J connectivity index is 1.50. The van der Waals surface area contributed by atoms with E-state index in [0.29, 0.717) is 22.8 Å². The Morgan fingerprint density at radius 3 is 2.44 bits per heavy atom. The largest absolute Gasteiger partial charge is 0.364 e. The number of hydrogen-bond acceptors (Lipinski definition) is 7. The van der Waals surface area contributed by atoms with Crippen molar-refractivity contribution in [2.75, 3.05) is 5.32 Å². The highest BCUT2D eigenvalue weighted by Crippen LogP contribution is 2.29. The summed E-state index contributed by atoms with van der Waals surface area (Å²) in [5, 5.41) is 13.5. The molecule has 1 fully saturated rings. The number of rotatable bonds is 6. The highest BCUT2D eigenvalue weighted by atomic mass is 16.5. The van der Waals surface area contributed by atoms with Crippen LogP contribution in [0.4, 0.5) is 5.82 Å². The van der Waals surface area contributed by atoms with Crippen LogP contribution in [0.15, 0.2) is 33.6 Å². The van der Waals surface area contributed by atoms with Crippen LogP contribution in [-0.4, -0.2) is 33.2 Å². The van der Waals surface area contributed by atoms with Crippen LogP contribution >= 0.6 is 0 Å². The predicted molar refractivity (Wildman–Crippen MR) is 117 cm³/mol. The van der Waals surface area contributed by atoms with Crippen molar-refractivity contribution in [3.63, 3.8) is 0 Å². The molecule has 3 aromatic heterocycles. The van der Waals surface area contributed by atoms with Gasteiger partial charge < -0.3 is 19.7 Å². The maximum Gasteiger partial charge on any atom is 0.257 e. The van der Waals surface area contributed by atoms with Crippen molar-refractivity contribution in [2.45, 2.75) is 58.9 Å². The van der Waals surface area contributed by atoms with Gasteiger partial charge in [0.1, 0.15) is 29.4 Å². The summed E-state index contributed by atoms with van der Waals surface area (Å²) in [6, 6.07) is 2.94. The van der Waals surface area contributed by atoms with Crippen LogP contribution < -0.4 is 10.6 Å². The number of pyridine rings is 1. The van der Waals surface area contributed by atoms with Crippen LogP contribution in [-0.2, 0) is 4.79 Å². The average molecular weight is 438 g/mol. The van der Waals surface area contributed by atoms with Gasteiger partial charge in [0.05, 0.1) is 11.4 Å². The number of carbonyl (C=O) groups excluding carboxylic acids is 2. The standard InChI is InChI=1S/C23H27N5O4/c1-13-18(12-31-27-13)22(29)26-21(16-7-5-4-6-8-16)23(30)25-19-10-9-17(11-24-19)20-14(2)28-32-15(20)3/h9-12,16,21H,4-8H2,1-3H3,(H,26,29)(H,24,25,30). The summed E-state index contributed by atoms with van der Waals surface area (Å²) in [6.45, 7) is 5.41. The van der Waals surface area contributed by atoms with Gasteiger partial charge in [-0.1, -0.05) is 29.6 Å². The molecule has 0 aliphatic heterocycles. The highest BCUT2D eigenvalue weighted by molar-refractivity contribution is 6.01. The molecule has 3 heterocycles. The lowest BCUT2D eigenvalue weighted by molar-refractivity contribution is -0.119. The summed E-state index contributed by atoms with van der Waals surface area (Å²) >= 11 is 0. The lowest BCUT2D eigenvalue weighted by Gasteiger charge is -2.29.